The molecule has 0 bridgehead atoms. The summed E-state index contributed by atoms with van der Waals surface area (Å²) in [5, 5.41) is 10.2. The van der Waals surface area contributed by atoms with Crippen molar-refractivity contribution in [3.8, 4) is 27.9 Å². The van der Waals surface area contributed by atoms with Gasteiger partial charge in [0.1, 0.15) is 0 Å². The molecule has 0 aliphatic heterocycles. The minimum Gasteiger partial charge on any atom is -0.309 e. The van der Waals surface area contributed by atoms with Gasteiger partial charge in [-0.05, 0) is 102 Å². The fourth-order valence-electron chi connectivity index (χ4n) is 7.61. The lowest BCUT2D eigenvalue weighted by atomic mass is 9.81. The van der Waals surface area contributed by atoms with Crippen molar-refractivity contribution in [1.82, 2.24) is 4.57 Å². The summed E-state index contributed by atoms with van der Waals surface area (Å²) in [4.78, 5) is 0. The molecule has 0 aliphatic carbocycles. The van der Waals surface area contributed by atoms with Gasteiger partial charge in [0.2, 0.25) is 0 Å². The Morgan fingerprint density at radius 1 is 0.383 bits per heavy atom. The molecule has 0 saturated heterocycles. The van der Waals surface area contributed by atoms with Crippen LogP contribution in [0.3, 0.4) is 0 Å². The highest BCUT2D eigenvalue weighted by atomic mass is 15.0. The second-order valence-electron chi connectivity index (χ2n) is 13.8. The van der Waals surface area contributed by atoms with Gasteiger partial charge < -0.3 is 4.57 Å². The van der Waals surface area contributed by atoms with Crippen molar-refractivity contribution in [3.63, 3.8) is 0 Å². The van der Waals surface area contributed by atoms with Crippen LogP contribution in [0.15, 0.2) is 158 Å². The molecule has 0 saturated carbocycles. The molecule has 0 spiro atoms. The van der Waals surface area contributed by atoms with E-state index in [1.54, 1.807) is 0 Å². The van der Waals surface area contributed by atoms with Crippen LogP contribution < -0.4 is 0 Å². The summed E-state index contributed by atoms with van der Waals surface area (Å²) in [6, 6.07) is 58.4. The number of benzene rings is 8. The van der Waals surface area contributed by atoms with Crippen LogP contribution in [-0.2, 0) is 5.41 Å². The molecule has 1 nitrogen and oxygen atoms in total. The Kier molecular flexibility index (Phi) is 6.14. The fraction of sp³-hybridized carbons (Fsp3) is 0.0870. The molecule has 0 N–H and O–H groups in total. The first-order valence-corrected chi connectivity index (χ1v) is 16.5. The molecular formula is C46H35N. The predicted molar refractivity (Wildman–Crippen MR) is 203 cm³/mol. The summed E-state index contributed by atoms with van der Waals surface area (Å²) < 4.78 is 2.42. The van der Waals surface area contributed by atoms with Gasteiger partial charge in [-0.25, -0.2) is 0 Å². The van der Waals surface area contributed by atoms with Crippen LogP contribution in [0.1, 0.15) is 26.3 Å². The molecule has 0 atom stereocenters. The van der Waals surface area contributed by atoms with Gasteiger partial charge in [-0.15, -0.1) is 0 Å². The normalized spacial score (nSPS) is 12.1. The third-order valence-corrected chi connectivity index (χ3v) is 9.90. The summed E-state index contributed by atoms with van der Waals surface area (Å²) in [7, 11) is 0. The first-order chi connectivity index (χ1) is 23.0. The van der Waals surface area contributed by atoms with E-state index in [-0.39, 0.29) is 5.41 Å². The highest BCUT2D eigenvalue weighted by Crippen LogP contribution is 2.46. The number of hydrogen-bond acceptors (Lipinski definition) is 0. The van der Waals surface area contributed by atoms with Crippen LogP contribution in [0.5, 0.6) is 0 Å². The molecule has 1 aromatic heterocycles. The van der Waals surface area contributed by atoms with Crippen LogP contribution in [0.4, 0.5) is 0 Å². The molecular weight excluding hydrogens is 567 g/mol. The zero-order valence-corrected chi connectivity index (χ0v) is 27.0. The molecule has 0 unspecified atom stereocenters. The van der Waals surface area contributed by atoms with Crippen LogP contribution >= 0.6 is 0 Å². The van der Waals surface area contributed by atoms with Crippen LogP contribution in [0, 0.1) is 0 Å². The van der Waals surface area contributed by atoms with E-state index in [1.165, 1.54) is 87.6 Å². The summed E-state index contributed by atoms with van der Waals surface area (Å²) in [5.74, 6) is 0. The lowest BCUT2D eigenvalue weighted by Gasteiger charge is -2.23. The van der Waals surface area contributed by atoms with Crippen molar-refractivity contribution in [2.75, 3.05) is 0 Å². The van der Waals surface area contributed by atoms with Crippen molar-refractivity contribution < 1.29 is 0 Å². The Bertz CT molecular complexity index is 2610. The Balaban J connectivity index is 1.37. The zero-order chi connectivity index (χ0) is 31.7. The van der Waals surface area contributed by atoms with Gasteiger partial charge in [0.15, 0.2) is 0 Å². The number of fused-ring (bicyclic) bond motifs is 6. The van der Waals surface area contributed by atoms with Gasteiger partial charge in [-0.2, -0.15) is 0 Å². The van der Waals surface area contributed by atoms with Crippen LogP contribution in [0.2, 0.25) is 0 Å². The number of rotatable bonds is 3. The second-order valence-corrected chi connectivity index (χ2v) is 13.8. The molecule has 9 rings (SSSR count). The molecule has 0 fully saturated rings. The fourth-order valence-corrected chi connectivity index (χ4v) is 7.61. The Morgan fingerprint density at radius 3 is 1.62 bits per heavy atom. The Morgan fingerprint density at radius 2 is 0.936 bits per heavy atom. The molecule has 0 amide bonds. The maximum Gasteiger partial charge on any atom is 0.0541 e. The van der Waals surface area contributed by atoms with Gasteiger partial charge in [0.05, 0.1) is 11.0 Å². The molecule has 47 heavy (non-hydrogen) atoms. The number of hydrogen-bond donors (Lipinski definition) is 0. The number of aromatic nitrogens is 1. The average Bonchev–Trinajstić information content (AvgIpc) is 3.44. The van der Waals surface area contributed by atoms with Gasteiger partial charge in [-0.3, -0.25) is 0 Å². The third-order valence-electron chi connectivity index (χ3n) is 9.90. The van der Waals surface area contributed by atoms with Gasteiger partial charge >= 0.3 is 0 Å². The largest absolute Gasteiger partial charge is 0.309 e. The molecule has 9 aromatic rings. The van der Waals surface area contributed by atoms with E-state index in [2.05, 4.69) is 183 Å². The maximum atomic E-state index is 2.45. The highest BCUT2D eigenvalue weighted by Gasteiger charge is 2.21. The van der Waals surface area contributed by atoms with E-state index in [0.717, 1.165) is 0 Å². The van der Waals surface area contributed by atoms with Crippen LogP contribution in [0.25, 0.3) is 82.1 Å². The van der Waals surface area contributed by atoms with Crippen molar-refractivity contribution in [2.45, 2.75) is 26.2 Å². The number of para-hydroxylation sites is 2. The second kappa shape index (κ2) is 10.4. The first-order valence-electron chi connectivity index (χ1n) is 16.5. The van der Waals surface area contributed by atoms with Crippen molar-refractivity contribution >= 4 is 54.1 Å². The predicted octanol–water partition coefficient (Wildman–Crippen LogP) is 12.9. The molecule has 8 aromatic carbocycles. The van der Waals surface area contributed by atoms with E-state index in [1.807, 2.05) is 0 Å². The van der Waals surface area contributed by atoms with E-state index in [9.17, 15) is 0 Å². The lowest BCUT2D eigenvalue weighted by Crippen LogP contribution is -2.10. The van der Waals surface area contributed by atoms with Gasteiger partial charge in [-0.1, -0.05) is 142 Å². The number of nitrogens with zero attached hydrogens (tertiary/aromatic N) is 1. The molecule has 224 valence electrons. The lowest BCUT2D eigenvalue weighted by molar-refractivity contribution is 0.591. The quantitative estimate of drug-likeness (QED) is 0.178. The maximum absolute atomic E-state index is 2.45. The van der Waals surface area contributed by atoms with Crippen LogP contribution in [-0.4, -0.2) is 4.57 Å². The minimum atomic E-state index is 0.0189. The first kappa shape index (κ1) is 27.6. The van der Waals surface area contributed by atoms with Gasteiger partial charge in [0.25, 0.3) is 0 Å². The van der Waals surface area contributed by atoms with Crippen molar-refractivity contribution in [1.29, 1.82) is 0 Å². The smallest absolute Gasteiger partial charge is 0.0541 e. The third kappa shape index (κ3) is 4.38. The summed E-state index contributed by atoms with van der Waals surface area (Å²) >= 11 is 0. The summed E-state index contributed by atoms with van der Waals surface area (Å²) in [6.45, 7) is 6.92. The molecule has 0 radical (unpaired) electrons. The highest BCUT2D eigenvalue weighted by molar-refractivity contribution is 6.22. The molecule has 0 aliphatic rings. The molecule has 1 heteroatoms. The monoisotopic (exact) mass is 601 g/mol. The van der Waals surface area contributed by atoms with E-state index < -0.39 is 0 Å². The van der Waals surface area contributed by atoms with Gasteiger partial charge in [0, 0.05) is 16.5 Å². The van der Waals surface area contributed by atoms with E-state index >= 15 is 0 Å². The zero-order valence-electron chi connectivity index (χ0n) is 27.0. The van der Waals surface area contributed by atoms with E-state index in [0.29, 0.717) is 0 Å². The van der Waals surface area contributed by atoms with Crippen molar-refractivity contribution in [2.24, 2.45) is 0 Å². The van der Waals surface area contributed by atoms with E-state index in [4.69, 9.17) is 0 Å². The SMILES string of the molecule is CC(C)(C)c1ccc2c(-c3ccc4ccccc4c3)c3ccccc3c(-c3cccc(-n4c5ccccc5c5ccccc54)c3)c2c1. The Labute approximate surface area is 275 Å². The molecule has 1 heterocycles. The standard InChI is InChI=1S/C46H35N/c1-46(2,3)34-25-26-40-41(29-34)45(39-20-7-6-19-38(39)44(40)33-24-23-30-13-4-5-14-31(30)27-33)32-15-12-16-35(28-32)47-42-21-10-8-17-36(42)37-18-9-11-22-43(37)47/h4-29H,1-3H3. The van der Waals surface area contributed by atoms with Crippen molar-refractivity contribution in [3.05, 3.63) is 163 Å². The summed E-state index contributed by atoms with van der Waals surface area (Å²) in [6.07, 6.45) is 0. The minimum absolute atomic E-state index is 0.0189. The topological polar surface area (TPSA) is 4.93 Å². The Hall–Kier alpha value is -5.66. The average molecular weight is 602 g/mol. The summed E-state index contributed by atoms with van der Waals surface area (Å²) in [5.41, 5.74) is 10.0.